The van der Waals surface area contributed by atoms with Gasteiger partial charge in [0.15, 0.2) is 0 Å². The summed E-state index contributed by atoms with van der Waals surface area (Å²) in [6, 6.07) is 14.6. The number of ether oxygens (including phenoxy) is 1. The molecule has 3 aromatic rings. The van der Waals surface area contributed by atoms with Crippen molar-refractivity contribution < 1.29 is 9.84 Å². The van der Waals surface area contributed by atoms with Gasteiger partial charge in [0, 0.05) is 11.8 Å². The molecule has 1 aliphatic carbocycles. The van der Waals surface area contributed by atoms with E-state index >= 15 is 0 Å². The second-order valence-corrected chi connectivity index (χ2v) is 8.26. The predicted octanol–water partition coefficient (Wildman–Crippen LogP) is 4.37. The summed E-state index contributed by atoms with van der Waals surface area (Å²) in [5.74, 6) is 0.337. The third-order valence-corrected chi connectivity index (χ3v) is 6.52. The smallest absolute Gasteiger partial charge is 0.0956 e. The van der Waals surface area contributed by atoms with Crippen molar-refractivity contribution in [3.05, 3.63) is 72.4 Å². The van der Waals surface area contributed by atoms with Gasteiger partial charge in [0.1, 0.15) is 0 Å². The molecule has 1 fully saturated rings. The number of rotatable bonds is 6. The predicted molar refractivity (Wildman–Crippen MR) is 111 cm³/mol. The highest BCUT2D eigenvalue weighted by atomic mass is 16.5. The van der Waals surface area contributed by atoms with Gasteiger partial charge in [-0.1, -0.05) is 30.3 Å². The highest BCUT2D eigenvalue weighted by Gasteiger charge is 2.33. The molecule has 2 aliphatic rings. The normalized spacial score (nSPS) is 24.1. The number of benzene rings is 1. The van der Waals surface area contributed by atoms with E-state index in [0.29, 0.717) is 12.5 Å². The highest BCUT2D eigenvalue weighted by molar-refractivity contribution is 5.68. The largest absolute Gasteiger partial charge is 0.393 e. The number of pyridine rings is 1. The zero-order valence-corrected chi connectivity index (χ0v) is 16.5. The number of fused-ring (bicyclic) bond motifs is 3. The van der Waals surface area contributed by atoms with Crippen molar-refractivity contribution in [2.45, 2.75) is 57.0 Å². The zero-order valence-electron chi connectivity index (χ0n) is 16.5. The van der Waals surface area contributed by atoms with Crippen LogP contribution in [0.5, 0.6) is 0 Å². The molecule has 0 saturated heterocycles. The van der Waals surface area contributed by atoms with Gasteiger partial charge in [-0.2, -0.15) is 0 Å². The average molecular weight is 389 g/mol. The van der Waals surface area contributed by atoms with Crippen molar-refractivity contribution in [1.82, 2.24) is 14.5 Å². The van der Waals surface area contributed by atoms with Crippen LogP contribution in [0.2, 0.25) is 0 Å². The zero-order chi connectivity index (χ0) is 19.6. The Hall–Kier alpha value is -2.50. The minimum absolute atomic E-state index is 0.178. The summed E-state index contributed by atoms with van der Waals surface area (Å²) in [6.07, 6.45) is 10.4. The Morgan fingerprint density at radius 2 is 1.90 bits per heavy atom. The second-order valence-electron chi connectivity index (χ2n) is 8.26. The van der Waals surface area contributed by atoms with Crippen LogP contribution in [0.25, 0.3) is 11.3 Å². The average Bonchev–Trinajstić information content (AvgIpc) is 3.36. The minimum Gasteiger partial charge on any atom is -0.393 e. The van der Waals surface area contributed by atoms with Crippen LogP contribution in [0, 0.1) is 5.92 Å². The summed E-state index contributed by atoms with van der Waals surface area (Å²) in [6.45, 7) is 0.570. The van der Waals surface area contributed by atoms with Gasteiger partial charge >= 0.3 is 0 Å². The molecule has 150 valence electrons. The highest BCUT2D eigenvalue weighted by Crippen LogP contribution is 2.42. The van der Waals surface area contributed by atoms with Crippen LogP contribution in [-0.2, 0) is 11.3 Å². The molecular formula is C24H27N3O2. The van der Waals surface area contributed by atoms with Crippen LogP contribution in [0.3, 0.4) is 0 Å². The summed E-state index contributed by atoms with van der Waals surface area (Å²) in [7, 11) is 0. The molecule has 2 atom stereocenters. The molecule has 0 spiro atoms. The molecular weight excluding hydrogens is 362 g/mol. The first-order valence-electron chi connectivity index (χ1n) is 10.6. The molecule has 1 aliphatic heterocycles. The molecule has 5 nitrogen and oxygen atoms in total. The van der Waals surface area contributed by atoms with Gasteiger partial charge < -0.3 is 14.4 Å². The molecule has 5 heteroatoms. The van der Waals surface area contributed by atoms with E-state index in [-0.39, 0.29) is 18.2 Å². The van der Waals surface area contributed by atoms with Crippen LogP contribution >= 0.6 is 0 Å². The third-order valence-electron chi connectivity index (χ3n) is 6.52. The lowest BCUT2D eigenvalue weighted by Crippen LogP contribution is -2.30. The molecule has 0 amide bonds. The Bertz CT molecular complexity index is 948. The van der Waals surface area contributed by atoms with Gasteiger partial charge in [0.2, 0.25) is 0 Å². The lowest BCUT2D eigenvalue weighted by Gasteiger charge is -2.32. The summed E-state index contributed by atoms with van der Waals surface area (Å²) >= 11 is 0. The Morgan fingerprint density at radius 3 is 2.72 bits per heavy atom. The van der Waals surface area contributed by atoms with Crippen LogP contribution in [0.1, 0.15) is 49.4 Å². The number of hydrogen-bond acceptors (Lipinski definition) is 4. The van der Waals surface area contributed by atoms with E-state index in [9.17, 15) is 5.11 Å². The SMILES string of the molecule is OC(CC1c2ccccc2-c2cncn21)[C@H]1CC[C@H](OCc2ccccn2)CC1. The van der Waals surface area contributed by atoms with Crippen molar-refractivity contribution in [3.8, 4) is 11.3 Å². The first kappa shape index (κ1) is 18.5. The Labute approximate surface area is 171 Å². The molecule has 1 N–H and O–H groups in total. The summed E-state index contributed by atoms with van der Waals surface area (Å²) < 4.78 is 8.27. The number of aliphatic hydroxyl groups excluding tert-OH is 1. The van der Waals surface area contributed by atoms with Gasteiger partial charge in [-0.3, -0.25) is 4.98 Å². The quantitative estimate of drug-likeness (QED) is 0.680. The van der Waals surface area contributed by atoms with Gasteiger partial charge in [0.05, 0.1) is 48.8 Å². The lowest BCUT2D eigenvalue weighted by atomic mass is 9.81. The molecule has 1 aromatic carbocycles. The van der Waals surface area contributed by atoms with E-state index < -0.39 is 0 Å². The molecule has 29 heavy (non-hydrogen) atoms. The van der Waals surface area contributed by atoms with Gasteiger partial charge in [-0.15, -0.1) is 0 Å². The monoisotopic (exact) mass is 389 g/mol. The fourth-order valence-electron chi connectivity index (χ4n) is 4.92. The third kappa shape index (κ3) is 3.72. The minimum atomic E-state index is -0.307. The Morgan fingerprint density at radius 1 is 1.07 bits per heavy atom. The maximum Gasteiger partial charge on any atom is 0.0956 e. The molecule has 5 rings (SSSR count). The van der Waals surface area contributed by atoms with Crippen LogP contribution in [-0.4, -0.2) is 31.8 Å². The maximum absolute atomic E-state index is 11.0. The van der Waals surface area contributed by atoms with E-state index in [1.165, 1.54) is 11.1 Å². The number of nitrogens with zero attached hydrogens (tertiary/aromatic N) is 3. The number of aromatic nitrogens is 3. The van der Waals surface area contributed by atoms with Crippen molar-refractivity contribution in [2.24, 2.45) is 5.92 Å². The first-order chi connectivity index (χ1) is 14.3. The van der Waals surface area contributed by atoms with Gasteiger partial charge in [-0.05, 0) is 55.7 Å². The van der Waals surface area contributed by atoms with Crippen LogP contribution in [0.4, 0.5) is 0 Å². The Kier molecular flexibility index (Phi) is 5.17. The van der Waals surface area contributed by atoms with E-state index in [4.69, 9.17) is 4.74 Å². The topological polar surface area (TPSA) is 60.2 Å². The van der Waals surface area contributed by atoms with E-state index in [2.05, 4.69) is 38.8 Å². The summed E-state index contributed by atoms with van der Waals surface area (Å²) in [4.78, 5) is 8.65. The van der Waals surface area contributed by atoms with E-state index in [1.54, 1.807) is 6.20 Å². The molecule has 2 aromatic heterocycles. The van der Waals surface area contributed by atoms with Crippen molar-refractivity contribution in [2.75, 3.05) is 0 Å². The van der Waals surface area contributed by atoms with Crippen molar-refractivity contribution >= 4 is 0 Å². The van der Waals surface area contributed by atoms with Gasteiger partial charge in [0.25, 0.3) is 0 Å². The number of imidazole rings is 1. The maximum atomic E-state index is 11.0. The molecule has 2 unspecified atom stereocenters. The van der Waals surface area contributed by atoms with Crippen LogP contribution in [0.15, 0.2) is 61.2 Å². The summed E-state index contributed by atoms with van der Waals surface area (Å²) in [5.41, 5.74) is 4.68. The first-order valence-corrected chi connectivity index (χ1v) is 10.6. The lowest BCUT2D eigenvalue weighted by molar-refractivity contribution is -0.0170. The standard InChI is InChI=1S/C24H27N3O2/c28-24(13-22-20-6-1-2-7-21(20)23-14-25-16-27(22)23)17-8-10-19(11-9-17)29-15-18-5-3-4-12-26-18/h1-7,12,14,16-17,19,22,24,28H,8-11,13,15H2/t17-,19-,22?,24?. The second kappa shape index (κ2) is 8.09. The van der Waals surface area contributed by atoms with E-state index in [0.717, 1.165) is 43.5 Å². The number of aliphatic hydroxyl groups is 1. The van der Waals surface area contributed by atoms with Crippen molar-refractivity contribution in [3.63, 3.8) is 0 Å². The molecule has 0 bridgehead atoms. The van der Waals surface area contributed by atoms with Crippen molar-refractivity contribution in [1.29, 1.82) is 0 Å². The van der Waals surface area contributed by atoms with Crippen LogP contribution < -0.4 is 0 Å². The fourth-order valence-corrected chi connectivity index (χ4v) is 4.92. The fraction of sp³-hybridized carbons (Fsp3) is 0.417. The molecule has 1 saturated carbocycles. The molecule has 0 radical (unpaired) electrons. The summed E-state index contributed by atoms with van der Waals surface area (Å²) in [5, 5.41) is 11.0. The van der Waals surface area contributed by atoms with Gasteiger partial charge in [-0.25, -0.2) is 4.98 Å². The Balaban J connectivity index is 1.17. The number of hydrogen-bond donors (Lipinski definition) is 1. The van der Waals surface area contributed by atoms with E-state index in [1.807, 2.05) is 30.7 Å². The molecule has 3 heterocycles.